The molecule has 0 atom stereocenters. The average molecular weight is 206 g/mol. The molecule has 0 saturated carbocycles. The number of carboxylic acid groups (broad SMARTS) is 2. The summed E-state index contributed by atoms with van der Waals surface area (Å²) < 4.78 is 0. The summed E-state index contributed by atoms with van der Waals surface area (Å²) >= 11 is 0. The third-order valence-electron chi connectivity index (χ3n) is 0.730. The van der Waals surface area contributed by atoms with E-state index in [9.17, 15) is 9.59 Å². The first-order valence-electron chi connectivity index (χ1n) is 3.06. The van der Waals surface area contributed by atoms with Crippen LogP contribution >= 0.6 is 13.5 Å². The maximum absolute atomic E-state index is 9.60. The van der Waals surface area contributed by atoms with Gasteiger partial charge in [-0.25, -0.2) is 9.59 Å². The van der Waals surface area contributed by atoms with Crippen LogP contribution in [0.2, 0.25) is 0 Å². The Morgan fingerprint density at radius 1 is 0.923 bits per heavy atom. The van der Waals surface area contributed by atoms with E-state index in [1.54, 1.807) is 0 Å². The lowest BCUT2D eigenvalue weighted by atomic mass is 10.4. The average Bonchev–Trinajstić information content (AvgIpc) is 1.88. The quantitative estimate of drug-likeness (QED) is 0.670. The first-order valence-corrected chi connectivity index (χ1v) is 3.06. The van der Waals surface area contributed by atoms with E-state index >= 15 is 0 Å². The number of rotatable bonds is 2. The fourth-order valence-electron chi connectivity index (χ4n) is 0. The van der Waals surface area contributed by atoms with E-state index in [0.717, 1.165) is 0 Å². The van der Waals surface area contributed by atoms with Crippen molar-refractivity contribution in [3.05, 3.63) is 24.3 Å². The molecule has 13 heavy (non-hydrogen) atoms. The smallest absolute Gasteiger partial charge is 0.330 e. The molecule has 0 aromatic rings. The molecular weight excluding hydrogens is 192 g/mol. The SMILES string of the molecule is C=C(C)C(=O)O.C=C(C)C(=O)O.S. The topological polar surface area (TPSA) is 74.6 Å². The number of hydrogen-bond acceptors (Lipinski definition) is 2. The van der Waals surface area contributed by atoms with Crippen molar-refractivity contribution in [2.24, 2.45) is 0 Å². The molecule has 0 unspecified atom stereocenters. The van der Waals surface area contributed by atoms with E-state index in [0.29, 0.717) is 0 Å². The number of aliphatic carboxylic acids is 2. The van der Waals surface area contributed by atoms with Crippen molar-refractivity contribution in [3.63, 3.8) is 0 Å². The van der Waals surface area contributed by atoms with Gasteiger partial charge in [0, 0.05) is 11.1 Å². The lowest BCUT2D eigenvalue weighted by molar-refractivity contribution is -0.133. The molecule has 0 fully saturated rings. The van der Waals surface area contributed by atoms with Crippen LogP contribution in [0.4, 0.5) is 0 Å². The summed E-state index contributed by atoms with van der Waals surface area (Å²) in [6.07, 6.45) is 0. The zero-order valence-electron chi connectivity index (χ0n) is 7.63. The first-order chi connectivity index (χ1) is 5.29. The molecule has 2 N–H and O–H groups in total. The van der Waals surface area contributed by atoms with Crippen LogP contribution in [-0.2, 0) is 9.59 Å². The van der Waals surface area contributed by atoms with Gasteiger partial charge >= 0.3 is 11.9 Å². The standard InChI is InChI=1S/2C4H6O2.H2S/c2*1-3(2)4(5)6;/h2*1H2,2H3,(H,5,6);1H2. The van der Waals surface area contributed by atoms with E-state index in [-0.39, 0.29) is 24.6 Å². The summed E-state index contributed by atoms with van der Waals surface area (Å²) in [5.74, 6) is -1.87. The summed E-state index contributed by atoms with van der Waals surface area (Å²) in [5.41, 5.74) is 0.352. The van der Waals surface area contributed by atoms with Gasteiger partial charge in [-0.3, -0.25) is 0 Å². The van der Waals surface area contributed by atoms with Crippen LogP contribution in [-0.4, -0.2) is 22.2 Å². The minimum Gasteiger partial charge on any atom is -0.478 e. The monoisotopic (exact) mass is 206 g/mol. The Bertz CT molecular complexity index is 172. The third-order valence-corrected chi connectivity index (χ3v) is 0.730. The summed E-state index contributed by atoms with van der Waals surface area (Å²) in [4.78, 5) is 19.2. The van der Waals surface area contributed by atoms with Gasteiger partial charge in [0.05, 0.1) is 0 Å². The van der Waals surface area contributed by atoms with Gasteiger partial charge in [-0.15, -0.1) is 0 Å². The highest BCUT2D eigenvalue weighted by Crippen LogP contribution is 1.81. The van der Waals surface area contributed by atoms with E-state index in [4.69, 9.17) is 10.2 Å². The van der Waals surface area contributed by atoms with Gasteiger partial charge in [0.1, 0.15) is 0 Å². The normalized spacial score (nSPS) is 6.92. The molecule has 5 heteroatoms. The van der Waals surface area contributed by atoms with Crippen LogP contribution < -0.4 is 0 Å². The maximum Gasteiger partial charge on any atom is 0.330 e. The van der Waals surface area contributed by atoms with Crippen molar-refractivity contribution < 1.29 is 19.8 Å². The maximum atomic E-state index is 9.60. The zero-order valence-corrected chi connectivity index (χ0v) is 8.63. The second kappa shape index (κ2) is 8.86. The molecule has 0 radical (unpaired) electrons. The second-order valence-electron chi connectivity index (χ2n) is 2.17. The van der Waals surface area contributed by atoms with Gasteiger partial charge in [-0.1, -0.05) is 13.2 Å². The Labute approximate surface area is 84.0 Å². The van der Waals surface area contributed by atoms with Crippen LogP contribution in [0, 0.1) is 0 Å². The Hall–Kier alpha value is -1.23. The summed E-state index contributed by atoms with van der Waals surface area (Å²) in [6.45, 7) is 9.20. The van der Waals surface area contributed by atoms with Gasteiger partial charge in [0.2, 0.25) is 0 Å². The third kappa shape index (κ3) is 18.1. The molecule has 0 aliphatic carbocycles. The predicted octanol–water partition coefficient (Wildman–Crippen LogP) is 1.41. The highest BCUT2D eigenvalue weighted by atomic mass is 32.1. The van der Waals surface area contributed by atoms with Crippen LogP contribution in [0.1, 0.15) is 13.8 Å². The van der Waals surface area contributed by atoms with Crippen LogP contribution in [0.3, 0.4) is 0 Å². The van der Waals surface area contributed by atoms with Crippen LogP contribution in [0.5, 0.6) is 0 Å². The van der Waals surface area contributed by atoms with Crippen molar-refractivity contribution in [2.75, 3.05) is 0 Å². The molecule has 0 bridgehead atoms. The van der Waals surface area contributed by atoms with E-state index in [1.807, 2.05) is 0 Å². The van der Waals surface area contributed by atoms with E-state index in [2.05, 4.69) is 13.2 Å². The van der Waals surface area contributed by atoms with Gasteiger partial charge in [-0.05, 0) is 13.8 Å². The largest absolute Gasteiger partial charge is 0.478 e. The molecule has 4 nitrogen and oxygen atoms in total. The second-order valence-corrected chi connectivity index (χ2v) is 2.17. The van der Waals surface area contributed by atoms with Gasteiger partial charge in [-0.2, -0.15) is 13.5 Å². The van der Waals surface area contributed by atoms with Crippen molar-refractivity contribution in [2.45, 2.75) is 13.8 Å². The Morgan fingerprint density at radius 2 is 1.00 bits per heavy atom. The number of hydrogen-bond donors (Lipinski definition) is 2. The predicted molar refractivity (Wildman–Crippen MR) is 55.3 cm³/mol. The minimum absolute atomic E-state index is 0. The number of carbonyl (C=O) groups is 2. The number of carboxylic acids is 2. The summed E-state index contributed by atoms with van der Waals surface area (Å²) in [7, 11) is 0. The van der Waals surface area contributed by atoms with Crippen molar-refractivity contribution in [1.82, 2.24) is 0 Å². The van der Waals surface area contributed by atoms with Gasteiger partial charge in [0.25, 0.3) is 0 Å². The highest BCUT2D eigenvalue weighted by molar-refractivity contribution is 7.59. The highest BCUT2D eigenvalue weighted by Gasteiger charge is 1.90. The van der Waals surface area contributed by atoms with Crippen LogP contribution in [0.15, 0.2) is 24.3 Å². The first kappa shape index (κ1) is 17.8. The molecule has 0 aliphatic heterocycles. The van der Waals surface area contributed by atoms with E-state index < -0.39 is 11.9 Å². The van der Waals surface area contributed by atoms with E-state index in [1.165, 1.54) is 13.8 Å². The molecule has 0 spiro atoms. The molecule has 0 saturated heterocycles. The molecule has 0 rings (SSSR count). The van der Waals surface area contributed by atoms with Crippen LogP contribution in [0.25, 0.3) is 0 Å². The van der Waals surface area contributed by atoms with Crippen molar-refractivity contribution in [3.8, 4) is 0 Å². The molecule has 0 amide bonds. The Morgan fingerprint density at radius 3 is 1.00 bits per heavy atom. The summed E-state index contributed by atoms with van der Waals surface area (Å²) in [6, 6.07) is 0. The molecule has 0 aliphatic rings. The van der Waals surface area contributed by atoms with Crippen molar-refractivity contribution in [1.29, 1.82) is 0 Å². The lowest BCUT2D eigenvalue weighted by Gasteiger charge is -1.79. The fourth-order valence-corrected chi connectivity index (χ4v) is 0. The zero-order chi connectivity index (χ0) is 10.3. The molecule has 0 aromatic heterocycles. The molecule has 76 valence electrons. The van der Waals surface area contributed by atoms with Gasteiger partial charge in [0.15, 0.2) is 0 Å². The Balaban J connectivity index is -0.000000143. The minimum atomic E-state index is -0.935. The lowest BCUT2D eigenvalue weighted by Crippen LogP contribution is -1.92. The van der Waals surface area contributed by atoms with Gasteiger partial charge < -0.3 is 10.2 Å². The molecule has 0 aromatic carbocycles. The molecule has 0 heterocycles. The summed E-state index contributed by atoms with van der Waals surface area (Å²) in [5, 5.41) is 15.8. The Kier molecular flexibility index (Phi) is 12.1. The molecular formula is C8H14O4S. The van der Waals surface area contributed by atoms with Crippen molar-refractivity contribution >= 4 is 25.4 Å². The fraction of sp³-hybridized carbons (Fsp3) is 0.250.